The molecule has 0 bridgehead atoms. The van der Waals surface area contributed by atoms with E-state index in [1.165, 1.54) is 6.39 Å². The molecule has 1 aromatic heterocycles. The summed E-state index contributed by atoms with van der Waals surface area (Å²) in [4.78, 5) is 18.2. The van der Waals surface area contributed by atoms with Gasteiger partial charge in [0.1, 0.15) is 5.76 Å². The predicted octanol–water partition coefficient (Wildman–Crippen LogP) is 1.25. The maximum atomic E-state index is 12.4. The number of carbonyl (C=O) groups is 1. The lowest BCUT2D eigenvalue weighted by Crippen LogP contribution is -2.55. The Labute approximate surface area is 112 Å². The van der Waals surface area contributed by atoms with E-state index in [2.05, 4.69) is 4.98 Å². The summed E-state index contributed by atoms with van der Waals surface area (Å²) < 4.78 is 16.1. The first-order valence-corrected chi connectivity index (χ1v) is 6.29. The number of methoxy groups -OCH3 is 1. The fourth-order valence-corrected chi connectivity index (χ4v) is 2.38. The lowest BCUT2D eigenvalue weighted by Gasteiger charge is -2.42. The van der Waals surface area contributed by atoms with Gasteiger partial charge in [-0.3, -0.25) is 4.79 Å². The minimum atomic E-state index is -0.394. The van der Waals surface area contributed by atoms with Gasteiger partial charge in [0.05, 0.1) is 18.3 Å². The molecule has 1 amide bonds. The SMILES string of the molecule is COC[C@H]1CN(C(=O)c2ncoc2C)CC(C)(C)O1. The van der Waals surface area contributed by atoms with Gasteiger partial charge in [0.15, 0.2) is 12.1 Å². The topological polar surface area (TPSA) is 64.8 Å². The minimum Gasteiger partial charge on any atom is -0.448 e. The van der Waals surface area contributed by atoms with Crippen LogP contribution in [0.2, 0.25) is 0 Å². The van der Waals surface area contributed by atoms with Crippen LogP contribution in [0.4, 0.5) is 0 Å². The highest BCUT2D eigenvalue weighted by Crippen LogP contribution is 2.23. The zero-order valence-corrected chi connectivity index (χ0v) is 11.8. The summed E-state index contributed by atoms with van der Waals surface area (Å²) in [7, 11) is 1.62. The van der Waals surface area contributed by atoms with Crippen LogP contribution in [0.3, 0.4) is 0 Å². The number of rotatable bonds is 3. The first kappa shape index (κ1) is 14.0. The molecule has 2 rings (SSSR count). The molecule has 0 aliphatic carbocycles. The van der Waals surface area contributed by atoms with Crippen molar-refractivity contribution < 1.29 is 18.7 Å². The second kappa shape index (κ2) is 5.30. The number of amides is 1. The summed E-state index contributed by atoms with van der Waals surface area (Å²) in [5.74, 6) is 0.418. The molecule has 1 aliphatic heterocycles. The van der Waals surface area contributed by atoms with E-state index in [9.17, 15) is 4.79 Å². The van der Waals surface area contributed by atoms with Crippen LogP contribution in [0.25, 0.3) is 0 Å². The van der Waals surface area contributed by atoms with E-state index in [0.717, 1.165) is 0 Å². The van der Waals surface area contributed by atoms with Gasteiger partial charge in [0.2, 0.25) is 0 Å². The summed E-state index contributed by atoms with van der Waals surface area (Å²) >= 11 is 0. The Morgan fingerprint density at radius 1 is 1.63 bits per heavy atom. The smallest absolute Gasteiger partial charge is 0.276 e. The van der Waals surface area contributed by atoms with Gasteiger partial charge in [0.25, 0.3) is 5.91 Å². The molecule has 0 unspecified atom stereocenters. The van der Waals surface area contributed by atoms with Crippen molar-refractivity contribution in [2.75, 3.05) is 26.8 Å². The van der Waals surface area contributed by atoms with Crippen LogP contribution in [0.1, 0.15) is 30.1 Å². The molecule has 2 heterocycles. The van der Waals surface area contributed by atoms with Crippen LogP contribution < -0.4 is 0 Å². The summed E-state index contributed by atoms with van der Waals surface area (Å²) in [5, 5.41) is 0. The Bertz CT molecular complexity index is 455. The fraction of sp³-hybridized carbons (Fsp3) is 0.692. The molecule has 0 aromatic carbocycles. The third-order valence-electron chi connectivity index (χ3n) is 3.07. The number of oxazole rings is 1. The molecule has 0 N–H and O–H groups in total. The number of hydrogen-bond acceptors (Lipinski definition) is 5. The van der Waals surface area contributed by atoms with Crippen LogP contribution in [0.15, 0.2) is 10.8 Å². The van der Waals surface area contributed by atoms with Gasteiger partial charge in [-0.25, -0.2) is 4.98 Å². The van der Waals surface area contributed by atoms with Crippen LogP contribution in [-0.2, 0) is 9.47 Å². The molecule has 0 spiro atoms. The van der Waals surface area contributed by atoms with Crippen molar-refractivity contribution in [3.8, 4) is 0 Å². The van der Waals surface area contributed by atoms with Crippen LogP contribution in [-0.4, -0.2) is 54.3 Å². The largest absolute Gasteiger partial charge is 0.448 e. The average molecular weight is 268 g/mol. The summed E-state index contributed by atoms with van der Waals surface area (Å²) in [5.41, 5.74) is -0.0248. The summed E-state index contributed by atoms with van der Waals surface area (Å²) in [6, 6.07) is 0. The maximum Gasteiger partial charge on any atom is 0.276 e. The molecular formula is C13H20N2O4. The number of morpholine rings is 1. The normalized spacial score (nSPS) is 22.5. The van der Waals surface area contributed by atoms with Gasteiger partial charge in [-0.2, -0.15) is 0 Å². The Morgan fingerprint density at radius 2 is 2.37 bits per heavy atom. The standard InChI is InChI=1S/C13H20N2O4/c1-9-11(14-8-18-9)12(16)15-5-10(6-17-4)19-13(2,3)7-15/h8,10H,5-7H2,1-4H3/t10-/m1/s1. The van der Waals surface area contributed by atoms with Crippen molar-refractivity contribution in [1.29, 1.82) is 0 Å². The summed E-state index contributed by atoms with van der Waals surface area (Å²) in [6.45, 7) is 7.15. The Balaban J connectivity index is 2.15. The first-order valence-electron chi connectivity index (χ1n) is 6.29. The van der Waals surface area contributed by atoms with Crippen molar-refractivity contribution in [2.45, 2.75) is 32.5 Å². The molecule has 1 atom stereocenters. The average Bonchev–Trinajstić information content (AvgIpc) is 2.73. The molecular weight excluding hydrogens is 248 g/mol. The third-order valence-corrected chi connectivity index (χ3v) is 3.07. The van der Waals surface area contributed by atoms with Gasteiger partial charge < -0.3 is 18.8 Å². The van der Waals surface area contributed by atoms with E-state index in [0.29, 0.717) is 31.2 Å². The molecule has 0 saturated carbocycles. The van der Waals surface area contributed by atoms with Gasteiger partial charge in [-0.15, -0.1) is 0 Å². The van der Waals surface area contributed by atoms with Crippen molar-refractivity contribution >= 4 is 5.91 Å². The molecule has 6 heteroatoms. The van der Waals surface area contributed by atoms with Crippen molar-refractivity contribution in [1.82, 2.24) is 9.88 Å². The molecule has 1 fully saturated rings. The lowest BCUT2D eigenvalue weighted by atomic mass is 10.0. The minimum absolute atomic E-state index is 0.120. The highest BCUT2D eigenvalue weighted by atomic mass is 16.5. The Hall–Kier alpha value is -1.40. The highest BCUT2D eigenvalue weighted by Gasteiger charge is 2.36. The highest BCUT2D eigenvalue weighted by molar-refractivity contribution is 5.93. The molecule has 0 radical (unpaired) electrons. The van der Waals surface area contributed by atoms with Crippen LogP contribution >= 0.6 is 0 Å². The molecule has 19 heavy (non-hydrogen) atoms. The molecule has 1 saturated heterocycles. The van der Waals surface area contributed by atoms with Crippen molar-refractivity contribution in [2.24, 2.45) is 0 Å². The second-order valence-corrected chi connectivity index (χ2v) is 5.40. The maximum absolute atomic E-state index is 12.4. The van der Waals surface area contributed by atoms with Gasteiger partial charge in [-0.1, -0.05) is 0 Å². The number of hydrogen-bond donors (Lipinski definition) is 0. The van der Waals surface area contributed by atoms with E-state index < -0.39 is 5.60 Å². The number of ether oxygens (including phenoxy) is 2. The molecule has 1 aromatic rings. The van der Waals surface area contributed by atoms with Crippen molar-refractivity contribution in [3.05, 3.63) is 17.8 Å². The van der Waals surface area contributed by atoms with Crippen LogP contribution in [0, 0.1) is 6.92 Å². The second-order valence-electron chi connectivity index (χ2n) is 5.40. The predicted molar refractivity (Wildman–Crippen MR) is 68.0 cm³/mol. The number of aromatic nitrogens is 1. The van der Waals surface area contributed by atoms with E-state index in [4.69, 9.17) is 13.9 Å². The van der Waals surface area contributed by atoms with Crippen LogP contribution in [0.5, 0.6) is 0 Å². The van der Waals surface area contributed by atoms with E-state index in [1.54, 1.807) is 18.9 Å². The molecule has 106 valence electrons. The third kappa shape index (κ3) is 3.13. The Kier molecular flexibility index (Phi) is 3.91. The summed E-state index contributed by atoms with van der Waals surface area (Å²) in [6.07, 6.45) is 1.17. The number of nitrogens with zero attached hydrogens (tertiary/aromatic N) is 2. The zero-order valence-electron chi connectivity index (χ0n) is 11.8. The monoisotopic (exact) mass is 268 g/mol. The Morgan fingerprint density at radius 3 is 2.95 bits per heavy atom. The quantitative estimate of drug-likeness (QED) is 0.825. The molecule has 1 aliphatic rings. The fourth-order valence-electron chi connectivity index (χ4n) is 2.38. The van der Waals surface area contributed by atoms with Gasteiger partial charge in [0, 0.05) is 20.2 Å². The van der Waals surface area contributed by atoms with E-state index >= 15 is 0 Å². The molecule has 6 nitrogen and oxygen atoms in total. The van der Waals surface area contributed by atoms with Gasteiger partial charge in [-0.05, 0) is 20.8 Å². The van der Waals surface area contributed by atoms with Gasteiger partial charge >= 0.3 is 0 Å². The first-order chi connectivity index (χ1) is 8.93. The van der Waals surface area contributed by atoms with Crippen molar-refractivity contribution in [3.63, 3.8) is 0 Å². The van der Waals surface area contributed by atoms with E-state index in [1.807, 2.05) is 13.8 Å². The zero-order chi connectivity index (χ0) is 14.0. The number of carbonyl (C=O) groups excluding carboxylic acids is 1. The van der Waals surface area contributed by atoms with E-state index in [-0.39, 0.29) is 12.0 Å². The number of aryl methyl sites for hydroxylation is 1. The lowest BCUT2D eigenvalue weighted by molar-refractivity contribution is -0.143.